The van der Waals surface area contributed by atoms with Gasteiger partial charge in [0.1, 0.15) is 6.04 Å². The summed E-state index contributed by atoms with van der Waals surface area (Å²) in [5.74, 6) is 0.201. The second-order valence-corrected chi connectivity index (χ2v) is 7.18. The van der Waals surface area contributed by atoms with Crippen LogP contribution in [0.15, 0.2) is 30.3 Å². The number of piperidine rings is 1. The first-order chi connectivity index (χ1) is 10.9. The average Bonchev–Trinajstić information content (AvgIpc) is 2.53. The third kappa shape index (κ3) is 4.50. The zero-order chi connectivity index (χ0) is 17.0. The number of nitrogens with zero attached hydrogens (tertiary/aromatic N) is 2. The van der Waals surface area contributed by atoms with Crippen molar-refractivity contribution in [3.05, 3.63) is 35.9 Å². The molecule has 0 aromatic heterocycles. The van der Waals surface area contributed by atoms with Crippen molar-refractivity contribution in [2.75, 3.05) is 26.2 Å². The number of benzene rings is 1. The van der Waals surface area contributed by atoms with Crippen LogP contribution in [-0.4, -0.2) is 47.9 Å². The minimum Gasteiger partial charge on any atom is -0.342 e. The Bertz CT molecular complexity index is 517. The zero-order valence-corrected chi connectivity index (χ0v) is 16.2. The third-order valence-corrected chi connectivity index (χ3v) is 5.13. The molecule has 0 saturated carbocycles. The molecule has 4 nitrogen and oxygen atoms in total. The molecule has 1 aliphatic rings. The molecule has 1 aliphatic heterocycles. The molecule has 0 aliphatic carbocycles. The summed E-state index contributed by atoms with van der Waals surface area (Å²) in [6, 6.07) is 10.1. The van der Waals surface area contributed by atoms with Gasteiger partial charge in [-0.25, -0.2) is 0 Å². The van der Waals surface area contributed by atoms with Gasteiger partial charge >= 0.3 is 0 Å². The number of carbonyl (C=O) groups excluding carboxylic acids is 1. The van der Waals surface area contributed by atoms with Gasteiger partial charge in [-0.2, -0.15) is 0 Å². The Morgan fingerprint density at radius 1 is 1.29 bits per heavy atom. The normalized spacial score (nSPS) is 21.6. The number of nitrogens with two attached hydrogens (primary N) is 1. The summed E-state index contributed by atoms with van der Waals surface area (Å²) in [4.78, 5) is 17.4. The Morgan fingerprint density at radius 2 is 1.88 bits per heavy atom. The fourth-order valence-electron chi connectivity index (χ4n) is 3.49. The first-order valence-corrected chi connectivity index (χ1v) is 8.74. The molecule has 2 atom stereocenters. The number of hydrogen-bond acceptors (Lipinski definition) is 3. The predicted octanol–water partition coefficient (Wildman–Crippen LogP) is 3.08. The van der Waals surface area contributed by atoms with Gasteiger partial charge in [-0.1, -0.05) is 44.2 Å². The topological polar surface area (TPSA) is 49.6 Å². The summed E-state index contributed by atoms with van der Waals surface area (Å²) in [5, 5.41) is 0. The molecule has 2 rings (SSSR count). The van der Waals surface area contributed by atoms with Crippen molar-refractivity contribution < 1.29 is 4.79 Å². The largest absolute Gasteiger partial charge is 0.342 e. The van der Waals surface area contributed by atoms with Crippen molar-refractivity contribution in [1.82, 2.24) is 9.80 Å². The van der Waals surface area contributed by atoms with Gasteiger partial charge in [-0.05, 0) is 31.2 Å². The molecule has 0 bridgehead atoms. The van der Waals surface area contributed by atoms with E-state index in [0.717, 1.165) is 38.2 Å². The van der Waals surface area contributed by atoms with E-state index in [1.165, 1.54) is 0 Å². The maximum atomic E-state index is 13.2. The van der Waals surface area contributed by atoms with Gasteiger partial charge in [0.2, 0.25) is 5.91 Å². The van der Waals surface area contributed by atoms with Gasteiger partial charge in [0.05, 0.1) is 0 Å². The molecular weight excluding hydrogens is 322 g/mol. The molecular formula is C19H32ClN3O. The fraction of sp³-hybridized carbons (Fsp3) is 0.632. The Balaban J connectivity index is 0.00000288. The van der Waals surface area contributed by atoms with Crippen molar-refractivity contribution >= 4 is 18.3 Å². The first-order valence-electron chi connectivity index (χ1n) is 8.74. The van der Waals surface area contributed by atoms with E-state index in [2.05, 4.69) is 30.9 Å². The highest BCUT2D eigenvalue weighted by atomic mass is 35.5. The SMILES string of the molecule is CCN(CC)C(=O)C(c1ccccc1)N1CCC(N)C(C)(C)C1.Cl. The number of likely N-dealkylation sites (tertiary alicyclic amines) is 1. The predicted molar refractivity (Wildman–Crippen MR) is 102 cm³/mol. The third-order valence-electron chi connectivity index (χ3n) is 5.13. The van der Waals surface area contributed by atoms with Crippen molar-refractivity contribution in [3.8, 4) is 0 Å². The highest BCUT2D eigenvalue weighted by molar-refractivity contribution is 5.85. The van der Waals surface area contributed by atoms with Gasteiger partial charge in [0, 0.05) is 32.2 Å². The van der Waals surface area contributed by atoms with Crippen LogP contribution in [0.4, 0.5) is 0 Å². The van der Waals surface area contributed by atoms with E-state index in [9.17, 15) is 4.79 Å². The molecule has 0 radical (unpaired) electrons. The Morgan fingerprint density at radius 3 is 2.38 bits per heavy atom. The first kappa shape index (κ1) is 20.9. The lowest BCUT2D eigenvalue weighted by Gasteiger charge is -2.46. The molecule has 1 saturated heterocycles. The molecule has 1 aromatic rings. The van der Waals surface area contributed by atoms with Crippen molar-refractivity contribution in [2.24, 2.45) is 11.1 Å². The van der Waals surface area contributed by atoms with E-state index in [-0.39, 0.29) is 35.8 Å². The van der Waals surface area contributed by atoms with Gasteiger partial charge in [-0.15, -0.1) is 12.4 Å². The molecule has 1 fully saturated rings. The molecule has 2 N–H and O–H groups in total. The molecule has 1 amide bonds. The summed E-state index contributed by atoms with van der Waals surface area (Å²) in [5.41, 5.74) is 7.38. The Labute approximate surface area is 152 Å². The molecule has 5 heteroatoms. The molecule has 1 aromatic carbocycles. The standard InChI is InChI=1S/C19H31N3O.ClH/c1-5-21(6-2)18(23)17(15-10-8-7-9-11-15)22-13-12-16(20)19(3,4)14-22;/h7-11,16-17H,5-6,12-14,20H2,1-4H3;1H. The van der Waals surface area contributed by atoms with Gasteiger partial charge in [0.25, 0.3) is 0 Å². The summed E-state index contributed by atoms with van der Waals surface area (Å²) >= 11 is 0. The van der Waals surface area contributed by atoms with Crippen molar-refractivity contribution in [2.45, 2.75) is 46.2 Å². The van der Waals surface area contributed by atoms with E-state index in [1.807, 2.05) is 36.9 Å². The maximum Gasteiger partial charge on any atom is 0.244 e. The average molecular weight is 354 g/mol. The van der Waals surface area contributed by atoms with E-state index < -0.39 is 0 Å². The monoisotopic (exact) mass is 353 g/mol. The van der Waals surface area contributed by atoms with E-state index in [0.29, 0.717) is 0 Å². The van der Waals surface area contributed by atoms with E-state index >= 15 is 0 Å². The van der Waals surface area contributed by atoms with Crippen LogP contribution in [0, 0.1) is 5.41 Å². The number of hydrogen-bond donors (Lipinski definition) is 1. The molecule has 136 valence electrons. The van der Waals surface area contributed by atoms with Crippen LogP contribution < -0.4 is 5.73 Å². The maximum absolute atomic E-state index is 13.2. The molecule has 2 unspecified atom stereocenters. The van der Waals surface area contributed by atoms with Crippen LogP contribution in [0.1, 0.15) is 45.7 Å². The van der Waals surface area contributed by atoms with Crippen molar-refractivity contribution in [3.63, 3.8) is 0 Å². The number of amides is 1. The lowest BCUT2D eigenvalue weighted by molar-refractivity contribution is -0.138. The number of likely N-dealkylation sites (N-methyl/N-ethyl adjacent to an activating group) is 1. The second-order valence-electron chi connectivity index (χ2n) is 7.18. The highest BCUT2D eigenvalue weighted by Gasteiger charge is 2.39. The van der Waals surface area contributed by atoms with Crippen LogP contribution in [0.3, 0.4) is 0 Å². The van der Waals surface area contributed by atoms with E-state index in [4.69, 9.17) is 5.73 Å². The lowest BCUT2D eigenvalue weighted by atomic mass is 9.79. The second kappa shape index (κ2) is 8.84. The van der Waals surface area contributed by atoms with Crippen LogP contribution in [0.5, 0.6) is 0 Å². The van der Waals surface area contributed by atoms with Crippen LogP contribution in [0.25, 0.3) is 0 Å². The number of halogens is 1. The molecule has 24 heavy (non-hydrogen) atoms. The fourth-order valence-corrected chi connectivity index (χ4v) is 3.49. The van der Waals surface area contributed by atoms with Gasteiger partial charge in [0.15, 0.2) is 0 Å². The minimum atomic E-state index is -0.206. The summed E-state index contributed by atoms with van der Waals surface area (Å²) < 4.78 is 0. The smallest absolute Gasteiger partial charge is 0.244 e. The minimum absolute atomic E-state index is 0. The molecule has 0 spiro atoms. The quantitative estimate of drug-likeness (QED) is 0.885. The number of carbonyl (C=O) groups is 1. The Kier molecular flexibility index (Phi) is 7.71. The zero-order valence-electron chi connectivity index (χ0n) is 15.4. The molecule has 1 heterocycles. The van der Waals surface area contributed by atoms with Gasteiger partial charge in [-0.3, -0.25) is 9.69 Å². The van der Waals surface area contributed by atoms with Crippen LogP contribution >= 0.6 is 12.4 Å². The number of rotatable bonds is 5. The van der Waals surface area contributed by atoms with E-state index in [1.54, 1.807) is 0 Å². The summed E-state index contributed by atoms with van der Waals surface area (Å²) in [6.45, 7) is 11.7. The van der Waals surface area contributed by atoms with Crippen LogP contribution in [-0.2, 0) is 4.79 Å². The lowest BCUT2D eigenvalue weighted by Crippen LogP contribution is -2.55. The summed E-state index contributed by atoms with van der Waals surface area (Å²) in [7, 11) is 0. The summed E-state index contributed by atoms with van der Waals surface area (Å²) in [6.07, 6.45) is 0.932. The Hall–Kier alpha value is -1.10. The highest BCUT2D eigenvalue weighted by Crippen LogP contribution is 2.34. The van der Waals surface area contributed by atoms with Gasteiger partial charge < -0.3 is 10.6 Å². The van der Waals surface area contributed by atoms with Crippen molar-refractivity contribution in [1.29, 1.82) is 0 Å². The van der Waals surface area contributed by atoms with Crippen LogP contribution in [0.2, 0.25) is 0 Å².